The number of rotatable bonds is 11. The van der Waals surface area contributed by atoms with Crippen LogP contribution in [0.15, 0.2) is 46.7 Å². The number of hydrogen-bond acceptors (Lipinski definition) is 6. The van der Waals surface area contributed by atoms with Gasteiger partial charge in [0.25, 0.3) is 6.43 Å². The zero-order chi connectivity index (χ0) is 26.1. The third kappa shape index (κ3) is 7.90. The molecular weight excluding hydrogens is 466 g/mol. The third-order valence-corrected chi connectivity index (χ3v) is 6.28. The van der Waals surface area contributed by atoms with E-state index in [-0.39, 0.29) is 17.7 Å². The number of ether oxygens (including phenoxy) is 1. The SMILES string of the molecule is C/C=C(\CCC(C)C(=O)NCC(F)F)c1ccc(OC=C2CCN(c3nc(C(C)C)no3)CC2)cc1. The Balaban J connectivity index is 1.47. The fourth-order valence-corrected chi connectivity index (χ4v) is 3.90. The molecule has 1 aliphatic rings. The number of anilines is 1. The second-order valence-corrected chi connectivity index (χ2v) is 9.39. The van der Waals surface area contributed by atoms with E-state index in [1.54, 1.807) is 6.92 Å². The van der Waals surface area contributed by atoms with E-state index in [9.17, 15) is 13.6 Å². The lowest BCUT2D eigenvalue weighted by Crippen LogP contribution is -2.32. The summed E-state index contributed by atoms with van der Waals surface area (Å²) in [5.74, 6) is 1.04. The van der Waals surface area contributed by atoms with Gasteiger partial charge >= 0.3 is 6.01 Å². The van der Waals surface area contributed by atoms with Crippen molar-refractivity contribution in [3.8, 4) is 5.75 Å². The van der Waals surface area contributed by atoms with E-state index in [2.05, 4.69) is 20.4 Å². The Labute approximate surface area is 211 Å². The lowest BCUT2D eigenvalue weighted by atomic mass is 9.95. The minimum atomic E-state index is -2.54. The van der Waals surface area contributed by atoms with E-state index in [1.807, 2.05) is 57.4 Å². The molecule has 1 aromatic heterocycles. The zero-order valence-electron chi connectivity index (χ0n) is 21.5. The maximum Gasteiger partial charge on any atom is 0.324 e. The number of nitrogens with zero attached hydrogens (tertiary/aromatic N) is 3. The number of hydrogen-bond donors (Lipinski definition) is 1. The summed E-state index contributed by atoms with van der Waals surface area (Å²) >= 11 is 0. The molecule has 2 aromatic rings. The average Bonchev–Trinajstić information content (AvgIpc) is 3.38. The van der Waals surface area contributed by atoms with Gasteiger partial charge in [0, 0.05) is 24.9 Å². The predicted octanol–water partition coefficient (Wildman–Crippen LogP) is 5.96. The highest BCUT2D eigenvalue weighted by atomic mass is 19.3. The van der Waals surface area contributed by atoms with Crippen molar-refractivity contribution in [1.82, 2.24) is 15.5 Å². The van der Waals surface area contributed by atoms with Crippen LogP contribution in [-0.4, -0.2) is 42.1 Å². The Morgan fingerprint density at radius 3 is 2.47 bits per heavy atom. The molecule has 36 heavy (non-hydrogen) atoms. The molecule has 0 spiro atoms. The van der Waals surface area contributed by atoms with Gasteiger partial charge < -0.3 is 19.5 Å². The minimum absolute atomic E-state index is 0.238. The van der Waals surface area contributed by atoms with Gasteiger partial charge in [-0.25, -0.2) is 8.78 Å². The summed E-state index contributed by atoms with van der Waals surface area (Å²) in [5, 5.41) is 6.32. The fraction of sp³-hybridized carbons (Fsp3) is 0.519. The quantitative estimate of drug-likeness (QED) is 0.382. The van der Waals surface area contributed by atoms with Gasteiger partial charge in [0.1, 0.15) is 5.75 Å². The number of allylic oxidation sites excluding steroid dienone is 2. The molecule has 1 fully saturated rings. The lowest BCUT2D eigenvalue weighted by Gasteiger charge is -2.26. The summed E-state index contributed by atoms with van der Waals surface area (Å²) in [7, 11) is 0. The molecule has 1 saturated heterocycles. The Bertz CT molecular complexity index is 1040. The second-order valence-electron chi connectivity index (χ2n) is 9.39. The molecule has 1 aromatic carbocycles. The summed E-state index contributed by atoms with van der Waals surface area (Å²) in [5.41, 5.74) is 3.38. The van der Waals surface area contributed by atoms with Gasteiger partial charge in [0.05, 0.1) is 12.8 Å². The number of alkyl halides is 2. The normalized spacial score (nSPS) is 15.4. The van der Waals surface area contributed by atoms with Crippen molar-refractivity contribution in [3.63, 3.8) is 0 Å². The van der Waals surface area contributed by atoms with Crippen molar-refractivity contribution in [3.05, 3.63) is 53.6 Å². The molecule has 0 bridgehead atoms. The highest BCUT2D eigenvalue weighted by Gasteiger charge is 2.21. The van der Waals surface area contributed by atoms with Gasteiger partial charge in [0.15, 0.2) is 5.82 Å². The smallest absolute Gasteiger partial charge is 0.324 e. The number of nitrogens with one attached hydrogen (secondary N) is 1. The van der Waals surface area contributed by atoms with E-state index >= 15 is 0 Å². The average molecular weight is 503 g/mol. The number of aromatic nitrogens is 2. The first-order valence-corrected chi connectivity index (χ1v) is 12.5. The molecule has 1 unspecified atom stereocenters. The van der Waals surface area contributed by atoms with Crippen molar-refractivity contribution in [2.24, 2.45) is 5.92 Å². The molecule has 9 heteroatoms. The van der Waals surface area contributed by atoms with Crippen LogP contribution in [0.2, 0.25) is 0 Å². The minimum Gasteiger partial charge on any atom is -0.465 e. The number of carbonyl (C=O) groups is 1. The summed E-state index contributed by atoms with van der Waals surface area (Å²) in [6.07, 6.45) is 4.30. The number of piperidine rings is 1. The van der Waals surface area contributed by atoms with Crippen LogP contribution < -0.4 is 15.0 Å². The van der Waals surface area contributed by atoms with Crippen molar-refractivity contribution >= 4 is 17.5 Å². The first-order chi connectivity index (χ1) is 17.3. The van der Waals surface area contributed by atoms with Crippen molar-refractivity contribution in [1.29, 1.82) is 0 Å². The van der Waals surface area contributed by atoms with Crippen LogP contribution in [0.1, 0.15) is 70.7 Å². The first-order valence-electron chi connectivity index (χ1n) is 12.5. The molecular formula is C27H36F2N4O3. The Morgan fingerprint density at radius 2 is 1.89 bits per heavy atom. The Kier molecular flexibility index (Phi) is 10.0. The van der Waals surface area contributed by atoms with Gasteiger partial charge in [-0.1, -0.05) is 44.1 Å². The largest absolute Gasteiger partial charge is 0.465 e. The fourth-order valence-electron chi connectivity index (χ4n) is 3.90. The monoisotopic (exact) mass is 502 g/mol. The van der Waals surface area contributed by atoms with Crippen LogP contribution in [0.3, 0.4) is 0 Å². The molecule has 7 nitrogen and oxygen atoms in total. The number of benzene rings is 1. The maximum atomic E-state index is 12.3. The summed E-state index contributed by atoms with van der Waals surface area (Å²) in [6.45, 7) is 8.79. The molecule has 1 atom stereocenters. The van der Waals surface area contributed by atoms with Crippen molar-refractivity contribution in [2.75, 3.05) is 24.5 Å². The number of carbonyl (C=O) groups excluding carboxylic acids is 1. The lowest BCUT2D eigenvalue weighted by molar-refractivity contribution is -0.125. The van der Waals surface area contributed by atoms with E-state index in [0.717, 1.165) is 48.6 Å². The molecule has 196 valence electrons. The van der Waals surface area contributed by atoms with E-state index in [0.29, 0.717) is 18.9 Å². The van der Waals surface area contributed by atoms with Crippen LogP contribution in [0.5, 0.6) is 5.75 Å². The molecule has 3 rings (SSSR count). The van der Waals surface area contributed by atoms with E-state index in [4.69, 9.17) is 9.26 Å². The number of amides is 1. The van der Waals surface area contributed by atoms with Crippen LogP contribution in [0, 0.1) is 5.92 Å². The predicted molar refractivity (Wildman–Crippen MR) is 136 cm³/mol. The van der Waals surface area contributed by atoms with Gasteiger partial charge in [-0.3, -0.25) is 4.79 Å². The number of halogens is 2. The van der Waals surface area contributed by atoms with Crippen LogP contribution in [0.25, 0.3) is 5.57 Å². The Hall–Kier alpha value is -3.23. The Morgan fingerprint density at radius 1 is 1.19 bits per heavy atom. The van der Waals surface area contributed by atoms with E-state index in [1.165, 1.54) is 5.57 Å². The van der Waals surface area contributed by atoms with Crippen molar-refractivity contribution < 1.29 is 22.8 Å². The van der Waals surface area contributed by atoms with Crippen LogP contribution in [-0.2, 0) is 4.79 Å². The van der Waals surface area contributed by atoms with Gasteiger partial charge in [0.2, 0.25) is 5.91 Å². The molecule has 2 heterocycles. The van der Waals surface area contributed by atoms with Crippen LogP contribution in [0.4, 0.5) is 14.8 Å². The summed E-state index contributed by atoms with van der Waals surface area (Å²) in [6, 6.07) is 8.42. The zero-order valence-corrected chi connectivity index (χ0v) is 21.5. The van der Waals surface area contributed by atoms with Gasteiger partial charge in [-0.2, -0.15) is 4.98 Å². The standard InChI is InChI=1S/C27H36F2N4O3/c1-5-21(7-6-19(4)26(34)30-16-24(28)29)22-8-10-23(11-9-22)35-17-20-12-14-33(15-13-20)27-31-25(18(2)3)32-36-27/h5,8-11,17-19,24H,6-7,12-16H2,1-4H3,(H,30,34)/b21-5+. The highest BCUT2D eigenvalue weighted by Crippen LogP contribution is 2.26. The maximum absolute atomic E-state index is 12.3. The van der Waals surface area contributed by atoms with Gasteiger partial charge in [-0.05, 0) is 61.4 Å². The first kappa shape index (κ1) is 27.4. The van der Waals surface area contributed by atoms with Crippen LogP contribution >= 0.6 is 0 Å². The molecule has 1 amide bonds. The highest BCUT2D eigenvalue weighted by molar-refractivity contribution is 5.78. The summed E-state index contributed by atoms with van der Waals surface area (Å²) in [4.78, 5) is 18.5. The third-order valence-electron chi connectivity index (χ3n) is 6.28. The second kappa shape index (κ2) is 13.2. The molecule has 0 radical (unpaired) electrons. The molecule has 0 aliphatic carbocycles. The van der Waals surface area contributed by atoms with E-state index < -0.39 is 13.0 Å². The molecule has 1 N–H and O–H groups in total. The van der Waals surface area contributed by atoms with Gasteiger partial charge in [-0.15, -0.1) is 0 Å². The summed E-state index contributed by atoms with van der Waals surface area (Å²) < 4.78 is 35.9. The molecule has 0 saturated carbocycles. The topological polar surface area (TPSA) is 80.5 Å². The molecule has 1 aliphatic heterocycles. The van der Waals surface area contributed by atoms with Crippen molar-refractivity contribution in [2.45, 2.75) is 65.7 Å².